The maximum absolute atomic E-state index is 11.4. The molecular weight excluding hydrogens is 220 g/mol. The maximum Gasteiger partial charge on any atom is 0.219 e. The van der Waals surface area contributed by atoms with Crippen LogP contribution in [0.3, 0.4) is 0 Å². The lowest BCUT2D eigenvalue weighted by Gasteiger charge is -2.22. The molecule has 2 heterocycles. The molecule has 1 aromatic rings. The van der Waals surface area contributed by atoms with Crippen LogP contribution < -0.4 is 0 Å². The highest BCUT2D eigenvalue weighted by Gasteiger charge is 2.26. The molecule has 1 amide bonds. The number of hydrogen-bond acceptors (Lipinski definition) is 3. The van der Waals surface area contributed by atoms with Crippen molar-refractivity contribution in [3.05, 3.63) is 24.4 Å². The molecule has 1 atom stereocenters. The second-order valence-corrected chi connectivity index (χ2v) is 5.03. The number of amides is 1. The summed E-state index contributed by atoms with van der Waals surface area (Å²) in [6.45, 7) is 2.58. The predicted octanol–water partition coefficient (Wildman–Crippen LogP) is 2.18. The first-order valence-electron chi connectivity index (χ1n) is 5.58. The van der Waals surface area contributed by atoms with Crippen LogP contribution in [0.15, 0.2) is 29.4 Å². The lowest BCUT2D eigenvalue weighted by atomic mass is 10.2. The van der Waals surface area contributed by atoms with Crippen molar-refractivity contribution in [3.8, 4) is 0 Å². The molecule has 2 rings (SSSR count). The average Bonchev–Trinajstić information content (AvgIpc) is 2.76. The van der Waals surface area contributed by atoms with E-state index < -0.39 is 0 Å². The number of carbonyl (C=O) groups is 1. The zero-order valence-electron chi connectivity index (χ0n) is 9.43. The van der Waals surface area contributed by atoms with Crippen LogP contribution >= 0.6 is 11.8 Å². The fraction of sp³-hybridized carbons (Fsp3) is 0.500. The van der Waals surface area contributed by atoms with E-state index in [1.54, 1.807) is 24.9 Å². The third-order valence-electron chi connectivity index (χ3n) is 2.84. The van der Waals surface area contributed by atoms with Gasteiger partial charge in [-0.25, -0.2) is 4.98 Å². The van der Waals surface area contributed by atoms with Crippen molar-refractivity contribution in [1.29, 1.82) is 0 Å². The van der Waals surface area contributed by atoms with Gasteiger partial charge in [0.1, 0.15) is 0 Å². The Bertz CT molecular complexity index is 355. The summed E-state index contributed by atoms with van der Waals surface area (Å²) >= 11 is 1.73. The Labute approximate surface area is 100 Å². The number of thioether (sulfide) groups is 1. The van der Waals surface area contributed by atoms with Crippen molar-refractivity contribution in [2.75, 3.05) is 12.3 Å². The van der Waals surface area contributed by atoms with Crippen molar-refractivity contribution in [2.45, 2.75) is 30.8 Å². The van der Waals surface area contributed by atoms with Crippen LogP contribution in [0.1, 0.15) is 19.8 Å². The molecule has 1 unspecified atom stereocenters. The summed E-state index contributed by atoms with van der Waals surface area (Å²) < 4.78 is 0. The second-order valence-electron chi connectivity index (χ2n) is 3.99. The zero-order valence-corrected chi connectivity index (χ0v) is 10.2. The van der Waals surface area contributed by atoms with Gasteiger partial charge in [-0.1, -0.05) is 6.07 Å². The summed E-state index contributed by atoms with van der Waals surface area (Å²) in [6.07, 6.45) is 4.06. The molecule has 1 aromatic heterocycles. The minimum atomic E-state index is 0.198. The van der Waals surface area contributed by atoms with Gasteiger partial charge < -0.3 is 4.90 Å². The fourth-order valence-corrected chi connectivity index (χ4v) is 3.06. The average molecular weight is 236 g/mol. The maximum atomic E-state index is 11.4. The minimum absolute atomic E-state index is 0.198. The molecule has 0 aromatic carbocycles. The normalized spacial score (nSPS) is 20.1. The van der Waals surface area contributed by atoms with E-state index in [-0.39, 0.29) is 5.91 Å². The van der Waals surface area contributed by atoms with Gasteiger partial charge in [0.25, 0.3) is 0 Å². The number of pyridine rings is 1. The topological polar surface area (TPSA) is 33.2 Å². The van der Waals surface area contributed by atoms with Gasteiger partial charge in [-0.15, -0.1) is 11.8 Å². The highest BCUT2D eigenvalue weighted by atomic mass is 32.2. The first-order chi connectivity index (χ1) is 7.77. The molecule has 1 aliphatic rings. The molecule has 4 heteroatoms. The van der Waals surface area contributed by atoms with Gasteiger partial charge in [0.2, 0.25) is 5.91 Å². The van der Waals surface area contributed by atoms with E-state index in [9.17, 15) is 4.79 Å². The van der Waals surface area contributed by atoms with Crippen LogP contribution in [0.5, 0.6) is 0 Å². The Morgan fingerprint density at radius 1 is 1.62 bits per heavy atom. The van der Waals surface area contributed by atoms with Crippen molar-refractivity contribution in [3.63, 3.8) is 0 Å². The Morgan fingerprint density at radius 2 is 2.50 bits per heavy atom. The van der Waals surface area contributed by atoms with E-state index in [0.29, 0.717) is 6.04 Å². The van der Waals surface area contributed by atoms with Crippen LogP contribution in [0.2, 0.25) is 0 Å². The minimum Gasteiger partial charge on any atom is -0.339 e. The van der Waals surface area contributed by atoms with E-state index in [1.165, 1.54) is 0 Å². The van der Waals surface area contributed by atoms with E-state index >= 15 is 0 Å². The van der Waals surface area contributed by atoms with Crippen molar-refractivity contribution in [1.82, 2.24) is 9.88 Å². The fourth-order valence-electron chi connectivity index (χ4n) is 2.04. The van der Waals surface area contributed by atoms with E-state index in [0.717, 1.165) is 30.2 Å². The van der Waals surface area contributed by atoms with Gasteiger partial charge >= 0.3 is 0 Å². The smallest absolute Gasteiger partial charge is 0.219 e. The third kappa shape index (κ3) is 2.76. The van der Waals surface area contributed by atoms with E-state index in [4.69, 9.17) is 0 Å². The van der Waals surface area contributed by atoms with Crippen LogP contribution in [-0.2, 0) is 4.79 Å². The molecule has 1 saturated heterocycles. The zero-order chi connectivity index (χ0) is 11.4. The number of rotatable bonds is 3. The number of likely N-dealkylation sites (tertiary alicyclic amines) is 1. The number of carbonyl (C=O) groups excluding carboxylic acids is 1. The van der Waals surface area contributed by atoms with Crippen molar-refractivity contribution in [2.24, 2.45) is 0 Å². The van der Waals surface area contributed by atoms with E-state index in [1.807, 2.05) is 23.1 Å². The predicted molar refractivity (Wildman–Crippen MR) is 65.4 cm³/mol. The number of hydrogen-bond donors (Lipinski definition) is 0. The van der Waals surface area contributed by atoms with Gasteiger partial charge in [-0.05, 0) is 25.0 Å². The van der Waals surface area contributed by atoms with Crippen molar-refractivity contribution >= 4 is 17.7 Å². The molecule has 16 heavy (non-hydrogen) atoms. The SMILES string of the molecule is CC(=O)N1CCCC1CSc1ccccn1. The quantitative estimate of drug-likeness (QED) is 0.754. The summed E-state index contributed by atoms with van der Waals surface area (Å²) in [5.41, 5.74) is 0. The van der Waals surface area contributed by atoms with Crippen LogP contribution in [0.25, 0.3) is 0 Å². The molecule has 0 bridgehead atoms. The third-order valence-corrected chi connectivity index (χ3v) is 3.93. The highest BCUT2D eigenvalue weighted by molar-refractivity contribution is 7.99. The Hall–Kier alpha value is -1.03. The lowest BCUT2D eigenvalue weighted by molar-refractivity contribution is -0.129. The van der Waals surface area contributed by atoms with Gasteiger partial charge in [-0.2, -0.15) is 0 Å². The molecular formula is C12H16N2OS. The highest BCUT2D eigenvalue weighted by Crippen LogP contribution is 2.24. The summed E-state index contributed by atoms with van der Waals surface area (Å²) in [6, 6.07) is 6.32. The molecule has 0 spiro atoms. The first-order valence-corrected chi connectivity index (χ1v) is 6.57. The molecule has 0 aliphatic carbocycles. The molecule has 0 radical (unpaired) electrons. The molecule has 1 fully saturated rings. The molecule has 1 aliphatic heterocycles. The van der Waals surface area contributed by atoms with Gasteiger partial charge in [-0.3, -0.25) is 4.79 Å². The Morgan fingerprint density at radius 3 is 3.19 bits per heavy atom. The first kappa shape index (κ1) is 11.5. The molecule has 0 N–H and O–H groups in total. The number of nitrogens with zero attached hydrogens (tertiary/aromatic N) is 2. The summed E-state index contributed by atoms with van der Waals surface area (Å²) in [7, 11) is 0. The van der Waals surface area contributed by atoms with Gasteiger partial charge in [0, 0.05) is 31.5 Å². The standard InChI is InChI=1S/C12H16N2OS/c1-10(15)14-8-4-5-11(14)9-16-12-6-2-3-7-13-12/h2-3,6-7,11H,4-5,8-9H2,1H3. The Balaban J connectivity index is 1.88. The van der Waals surface area contributed by atoms with Crippen LogP contribution in [-0.4, -0.2) is 34.1 Å². The van der Waals surface area contributed by atoms with Gasteiger partial charge in [0.15, 0.2) is 0 Å². The second kappa shape index (κ2) is 5.34. The Kier molecular flexibility index (Phi) is 3.83. The molecule has 3 nitrogen and oxygen atoms in total. The van der Waals surface area contributed by atoms with E-state index in [2.05, 4.69) is 4.98 Å². The summed E-state index contributed by atoms with van der Waals surface area (Å²) in [5.74, 6) is 1.15. The molecule has 0 saturated carbocycles. The largest absolute Gasteiger partial charge is 0.339 e. The monoisotopic (exact) mass is 236 g/mol. The van der Waals surface area contributed by atoms with Gasteiger partial charge in [0.05, 0.1) is 5.03 Å². The summed E-state index contributed by atoms with van der Waals surface area (Å²) in [4.78, 5) is 17.6. The van der Waals surface area contributed by atoms with Crippen molar-refractivity contribution < 1.29 is 4.79 Å². The van der Waals surface area contributed by atoms with Crippen LogP contribution in [0.4, 0.5) is 0 Å². The number of aromatic nitrogens is 1. The summed E-state index contributed by atoms with van der Waals surface area (Å²) in [5, 5.41) is 1.04. The van der Waals surface area contributed by atoms with Crippen LogP contribution in [0, 0.1) is 0 Å². The molecule has 86 valence electrons. The lowest BCUT2D eigenvalue weighted by Crippen LogP contribution is -2.35.